The molecule has 182 valence electrons. The maximum absolute atomic E-state index is 13.6. The van der Waals surface area contributed by atoms with Crippen LogP contribution < -0.4 is 9.47 Å². The number of halogens is 1. The lowest BCUT2D eigenvalue weighted by Gasteiger charge is -2.24. The van der Waals surface area contributed by atoms with Crippen molar-refractivity contribution in [2.45, 2.75) is 52.4 Å². The average molecular weight is 478 g/mol. The SMILES string of the molecule is COc1c(O[C@H](C)c2c(C)cnnc2C)ccc2c1c(-c1ccc(F)nc1)nn2C1CCCCO1. The number of aryl methyl sites for hydroxylation is 2. The van der Waals surface area contributed by atoms with Crippen molar-refractivity contribution in [2.75, 3.05) is 13.7 Å². The zero-order valence-electron chi connectivity index (χ0n) is 20.3. The van der Waals surface area contributed by atoms with Gasteiger partial charge in [0.05, 0.1) is 29.9 Å². The van der Waals surface area contributed by atoms with Crippen molar-refractivity contribution in [3.63, 3.8) is 0 Å². The molecule has 1 unspecified atom stereocenters. The van der Waals surface area contributed by atoms with Gasteiger partial charge in [0, 0.05) is 23.9 Å². The number of ether oxygens (including phenoxy) is 3. The second-order valence-electron chi connectivity index (χ2n) is 8.76. The second kappa shape index (κ2) is 9.58. The fourth-order valence-electron chi connectivity index (χ4n) is 4.81. The number of fused-ring (bicyclic) bond motifs is 1. The molecule has 0 bridgehead atoms. The molecule has 35 heavy (non-hydrogen) atoms. The summed E-state index contributed by atoms with van der Waals surface area (Å²) in [6.07, 6.45) is 5.70. The maximum Gasteiger partial charge on any atom is 0.212 e. The summed E-state index contributed by atoms with van der Waals surface area (Å²) >= 11 is 0. The number of hydrogen-bond donors (Lipinski definition) is 0. The lowest BCUT2D eigenvalue weighted by Crippen LogP contribution is -2.19. The molecule has 0 aliphatic carbocycles. The fourth-order valence-corrected chi connectivity index (χ4v) is 4.81. The Morgan fingerprint density at radius 1 is 1.14 bits per heavy atom. The number of methoxy groups -OCH3 is 1. The molecule has 5 rings (SSSR count). The Morgan fingerprint density at radius 2 is 2.00 bits per heavy atom. The van der Waals surface area contributed by atoms with Gasteiger partial charge in [-0.3, -0.25) is 0 Å². The molecule has 0 N–H and O–H groups in total. The smallest absolute Gasteiger partial charge is 0.212 e. The quantitative estimate of drug-likeness (QED) is 0.339. The van der Waals surface area contributed by atoms with Gasteiger partial charge in [-0.25, -0.2) is 9.67 Å². The van der Waals surface area contributed by atoms with E-state index in [1.807, 2.05) is 37.6 Å². The summed E-state index contributed by atoms with van der Waals surface area (Å²) in [6.45, 7) is 6.58. The largest absolute Gasteiger partial charge is 0.492 e. The van der Waals surface area contributed by atoms with E-state index in [0.717, 1.165) is 47.0 Å². The van der Waals surface area contributed by atoms with E-state index >= 15 is 0 Å². The number of pyridine rings is 1. The van der Waals surface area contributed by atoms with Crippen LogP contribution in [-0.2, 0) is 4.74 Å². The topological polar surface area (TPSA) is 84.2 Å². The molecule has 8 nitrogen and oxygen atoms in total. The van der Waals surface area contributed by atoms with Gasteiger partial charge in [0.2, 0.25) is 5.95 Å². The van der Waals surface area contributed by atoms with Crippen LogP contribution in [-0.4, -0.2) is 38.7 Å². The third-order valence-corrected chi connectivity index (χ3v) is 6.41. The highest BCUT2D eigenvalue weighted by molar-refractivity contribution is 5.99. The normalized spacial score (nSPS) is 16.9. The van der Waals surface area contributed by atoms with Gasteiger partial charge in [-0.2, -0.15) is 19.7 Å². The second-order valence-corrected chi connectivity index (χ2v) is 8.76. The van der Waals surface area contributed by atoms with Crippen LogP contribution in [0.2, 0.25) is 0 Å². The van der Waals surface area contributed by atoms with Gasteiger partial charge >= 0.3 is 0 Å². The third-order valence-electron chi connectivity index (χ3n) is 6.41. The lowest BCUT2D eigenvalue weighted by molar-refractivity contribution is -0.0365. The van der Waals surface area contributed by atoms with Gasteiger partial charge in [0.1, 0.15) is 11.8 Å². The Bertz CT molecular complexity index is 1330. The molecule has 1 aliphatic rings. The Labute approximate surface area is 203 Å². The monoisotopic (exact) mass is 477 g/mol. The van der Waals surface area contributed by atoms with Crippen molar-refractivity contribution in [1.29, 1.82) is 0 Å². The molecule has 1 fully saturated rings. The van der Waals surface area contributed by atoms with Crippen LogP contribution in [0.5, 0.6) is 11.5 Å². The summed E-state index contributed by atoms with van der Waals surface area (Å²) in [6, 6.07) is 6.86. The highest BCUT2D eigenvalue weighted by atomic mass is 19.1. The summed E-state index contributed by atoms with van der Waals surface area (Å²) in [5.41, 5.74) is 4.97. The van der Waals surface area contributed by atoms with Crippen molar-refractivity contribution in [3.05, 3.63) is 59.4 Å². The molecule has 4 aromatic rings. The molecule has 4 heterocycles. The Hall–Kier alpha value is -3.59. The predicted octanol–water partition coefficient (Wildman–Crippen LogP) is 5.49. The Morgan fingerprint density at radius 3 is 2.69 bits per heavy atom. The van der Waals surface area contributed by atoms with Gasteiger partial charge in [0.25, 0.3) is 0 Å². The number of benzene rings is 1. The van der Waals surface area contributed by atoms with Crippen LogP contribution in [0.4, 0.5) is 4.39 Å². The highest BCUT2D eigenvalue weighted by Gasteiger charge is 2.26. The first-order valence-electron chi connectivity index (χ1n) is 11.8. The minimum Gasteiger partial charge on any atom is -0.492 e. The van der Waals surface area contributed by atoms with E-state index in [2.05, 4.69) is 15.2 Å². The predicted molar refractivity (Wildman–Crippen MR) is 129 cm³/mol. The van der Waals surface area contributed by atoms with Crippen molar-refractivity contribution >= 4 is 10.9 Å². The molecule has 1 aromatic carbocycles. The van der Waals surface area contributed by atoms with E-state index in [9.17, 15) is 4.39 Å². The van der Waals surface area contributed by atoms with Gasteiger partial charge in [0.15, 0.2) is 17.7 Å². The van der Waals surface area contributed by atoms with E-state index in [-0.39, 0.29) is 12.3 Å². The van der Waals surface area contributed by atoms with Crippen LogP contribution in [0.15, 0.2) is 36.7 Å². The molecular formula is C26H28FN5O3. The molecule has 1 aliphatic heterocycles. The lowest BCUT2D eigenvalue weighted by atomic mass is 10.0. The number of rotatable bonds is 6. The van der Waals surface area contributed by atoms with Gasteiger partial charge in [-0.1, -0.05) is 0 Å². The molecule has 1 saturated heterocycles. The van der Waals surface area contributed by atoms with E-state index in [1.165, 1.54) is 12.3 Å². The van der Waals surface area contributed by atoms with Gasteiger partial charge in [-0.05, 0) is 69.9 Å². The van der Waals surface area contributed by atoms with Crippen molar-refractivity contribution in [1.82, 2.24) is 25.0 Å². The van der Waals surface area contributed by atoms with E-state index in [0.29, 0.717) is 29.4 Å². The Kier molecular flexibility index (Phi) is 6.34. The number of aromatic nitrogens is 5. The minimum absolute atomic E-state index is 0.183. The molecule has 0 amide bonds. The van der Waals surface area contributed by atoms with Crippen LogP contribution in [0.25, 0.3) is 22.2 Å². The van der Waals surface area contributed by atoms with E-state index in [4.69, 9.17) is 19.3 Å². The average Bonchev–Trinajstić information content (AvgIpc) is 3.24. The minimum atomic E-state index is -0.547. The summed E-state index contributed by atoms with van der Waals surface area (Å²) in [5, 5.41) is 13.9. The van der Waals surface area contributed by atoms with Crippen molar-refractivity contribution in [2.24, 2.45) is 0 Å². The zero-order valence-corrected chi connectivity index (χ0v) is 20.3. The summed E-state index contributed by atoms with van der Waals surface area (Å²) in [5.74, 6) is 0.575. The van der Waals surface area contributed by atoms with Crippen LogP contribution in [0.3, 0.4) is 0 Å². The van der Waals surface area contributed by atoms with E-state index < -0.39 is 5.95 Å². The maximum atomic E-state index is 13.6. The van der Waals surface area contributed by atoms with Crippen LogP contribution in [0, 0.1) is 19.8 Å². The fraction of sp³-hybridized carbons (Fsp3) is 0.385. The van der Waals surface area contributed by atoms with Gasteiger partial charge < -0.3 is 14.2 Å². The number of hydrogen-bond acceptors (Lipinski definition) is 7. The summed E-state index contributed by atoms with van der Waals surface area (Å²) in [7, 11) is 1.61. The zero-order chi connectivity index (χ0) is 24.5. The van der Waals surface area contributed by atoms with Crippen LogP contribution >= 0.6 is 0 Å². The number of nitrogens with zero attached hydrogens (tertiary/aromatic N) is 5. The molecule has 0 spiro atoms. The van der Waals surface area contributed by atoms with Crippen LogP contribution in [0.1, 0.15) is 55.3 Å². The molecule has 9 heteroatoms. The molecule has 2 atom stereocenters. The molecule has 0 saturated carbocycles. The highest BCUT2D eigenvalue weighted by Crippen LogP contribution is 2.44. The molecule has 3 aromatic heterocycles. The third kappa shape index (κ3) is 4.32. The molecule has 0 radical (unpaired) electrons. The molecular weight excluding hydrogens is 449 g/mol. The Balaban J connectivity index is 1.65. The first-order valence-corrected chi connectivity index (χ1v) is 11.8. The van der Waals surface area contributed by atoms with Crippen molar-refractivity contribution < 1.29 is 18.6 Å². The van der Waals surface area contributed by atoms with Gasteiger partial charge in [-0.15, -0.1) is 0 Å². The first kappa shape index (κ1) is 23.2. The van der Waals surface area contributed by atoms with E-state index in [1.54, 1.807) is 19.4 Å². The summed E-state index contributed by atoms with van der Waals surface area (Å²) in [4.78, 5) is 3.84. The standard InChI is InChI=1S/C26H28FN5O3/c1-15-13-29-30-16(2)23(15)17(3)35-20-10-9-19-24(26(20)33-4)25(18-8-11-21(27)28-14-18)31-32(19)22-7-5-6-12-34-22/h8-11,13-14,17,22H,5-7,12H2,1-4H3/t17-,22?/m1/s1. The van der Waals surface area contributed by atoms with Crippen molar-refractivity contribution in [3.8, 4) is 22.8 Å². The first-order chi connectivity index (χ1) is 17.0. The summed E-state index contributed by atoms with van der Waals surface area (Å²) < 4.78 is 33.8.